The van der Waals surface area contributed by atoms with Gasteiger partial charge in [-0.05, 0) is 25.8 Å². The quantitative estimate of drug-likeness (QED) is 0.467. The summed E-state index contributed by atoms with van der Waals surface area (Å²) in [7, 11) is 0. The van der Waals surface area contributed by atoms with Crippen molar-refractivity contribution in [2.24, 2.45) is 0 Å². The van der Waals surface area contributed by atoms with Crippen LogP contribution in [0.4, 0.5) is 0 Å². The lowest BCUT2D eigenvalue weighted by molar-refractivity contribution is -0.133. The summed E-state index contributed by atoms with van der Waals surface area (Å²) >= 11 is 0. The molecule has 0 radical (unpaired) electrons. The summed E-state index contributed by atoms with van der Waals surface area (Å²) in [6.45, 7) is 5.73. The molecule has 0 rings (SSSR count). The van der Waals surface area contributed by atoms with Crippen molar-refractivity contribution in [3.05, 3.63) is 11.6 Å². The molecule has 3 nitrogen and oxygen atoms in total. The zero-order valence-electron chi connectivity index (χ0n) is 8.37. The third-order valence-corrected chi connectivity index (χ3v) is 1.73. The molecule has 13 heavy (non-hydrogen) atoms. The molecule has 0 fully saturated rings. The fourth-order valence-corrected chi connectivity index (χ4v) is 1.10. The van der Waals surface area contributed by atoms with Crippen LogP contribution in [-0.4, -0.2) is 18.4 Å². The molecule has 0 aromatic carbocycles. The second kappa shape index (κ2) is 6.40. The van der Waals surface area contributed by atoms with Crippen molar-refractivity contribution in [3.8, 4) is 0 Å². The summed E-state index contributed by atoms with van der Waals surface area (Å²) in [6, 6.07) is 0. The molecule has 74 valence electrons. The fraction of sp³-hybridized carbons (Fsp3) is 0.600. The fourth-order valence-electron chi connectivity index (χ4n) is 1.10. The van der Waals surface area contributed by atoms with Crippen LogP contribution in [0.2, 0.25) is 0 Å². The molecule has 0 bridgehead atoms. The highest BCUT2D eigenvalue weighted by Gasteiger charge is 2.13. The molecule has 0 amide bonds. The third kappa shape index (κ3) is 5.17. The van der Waals surface area contributed by atoms with Gasteiger partial charge in [0.25, 0.3) is 6.47 Å². The summed E-state index contributed by atoms with van der Waals surface area (Å²) in [5, 5.41) is 0. The molecule has 0 spiro atoms. The Labute approximate surface area is 78.8 Å². The highest BCUT2D eigenvalue weighted by Crippen LogP contribution is 2.10. The predicted octanol–water partition coefficient (Wildman–Crippen LogP) is 1.86. The summed E-state index contributed by atoms with van der Waals surface area (Å²) in [5.74, 6) is 0.0238. The molecule has 3 heteroatoms. The molecule has 1 atom stereocenters. The first-order chi connectivity index (χ1) is 6.11. The van der Waals surface area contributed by atoms with E-state index in [0.29, 0.717) is 6.47 Å². The van der Waals surface area contributed by atoms with E-state index in [1.165, 1.54) is 6.92 Å². The standard InChI is InChI=1S/C10H16O3/c1-4-5-8(2)10(13-7-11)6-9(3)12/h5,7,10H,4,6H2,1-3H3. The Hall–Kier alpha value is -1.12. The molecule has 0 aliphatic rings. The number of hydrogen-bond donors (Lipinski definition) is 0. The van der Waals surface area contributed by atoms with E-state index in [4.69, 9.17) is 4.74 Å². The molecule has 0 aromatic heterocycles. The van der Waals surface area contributed by atoms with Crippen LogP contribution in [0.25, 0.3) is 0 Å². The first kappa shape index (κ1) is 11.9. The van der Waals surface area contributed by atoms with E-state index < -0.39 is 0 Å². The van der Waals surface area contributed by atoms with Crippen LogP contribution in [0.5, 0.6) is 0 Å². The normalized spacial score (nSPS) is 13.6. The first-order valence-electron chi connectivity index (χ1n) is 4.37. The molecule has 0 aliphatic heterocycles. The highest BCUT2D eigenvalue weighted by molar-refractivity contribution is 5.76. The van der Waals surface area contributed by atoms with Crippen LogP contribution >= 0.6 is 0 Å². The van der Waals surface area contributed by atoms with E-state index in [0.717, 1.165) is 12.0 Å². The molecule has 0 heterocycles. The average molecular weight is 184 g/mol. The van der Waals surface area contributed by atoms with Crippen LogP contribution in [0.3, 0.4) is 0 Å². The number of ether oxygens (including phenoxy) is 1. The van der Waals surface area contributed by atoms with Crippen molar-refractivity contribution >= 4 is 12.3 Å². The molecular weight excluding hydrogens is 168 g/mol. The Morgan fingerprint density at radius 3 is 2.46 bits per heavy atom. The van der Waals surface area contributed by atoms with E-state index in [9.17, 15) is 9.59 Å². The van der Waals surface area contributed by atoms with Gasteiger partial charge in [-0.2, -0.15) is 0 Å². The topological polar surface area (TPSA) is 43.4 Å². The number of allylic oxidation sites excluding steroid dienone is 1. The van der Waals surface area contributed by atoms with Gasteiger partial charge in [0.15, 0.2) is 0 Å². The van der Waals surface area contributed by atoms with Gasteiger partial charge < -0.3 is 4.74 Å². The van der Waals surface area contributed by atoms with E-state index in [2.05, 4.69) is 0 Å². The lowest BCUT2D eigenvalue weighted by atomic mass is 10.1. The number of carbonyl (C=O) groups is 2. The zero-order chi connectivity index (χ0) is 10.3. The van der Waals surface area contributed by atoms with E-state index >= 15 is 0 Å². The maximum Gasteiger partial charge on any atom is 0.293 e. The smallest absolute Gasteiger partial charge is 0.293 e. The Balaban J connectivity index is 4.30. The zero-order valence-corrected chi connectivity index (χ0v) is 8.37. The maximum absolute atomic E-state index is 10.8. The van der Waals surface area contributed by atoms with Gasteiger partial charge >= 0.3 is 0 Å². The van der Waals surface area contributed by atoms with Gasteiger partial charge in [0, 0.05) is 6.42 Å². The summed E-state index contributed by atoms with van der Waals surface area (Å²) < 4.78 is 4.80. The Kier molecular flexibility index (Phi) is 5.85. The van der Waals surface area contributed by atoms with Crippen molar-refractivity contribution in [2.45, 2.75) is 39.7 Å². The van der Waals surface area contributed by atoms with E-state index in [1.54, 1.807) is 0 Å². The largest absolute Gasteiger partial charge is 0.460 e. The van der Waals surface area contributed by atoms with Gasteiger partial charge in [-0.15, -0.1) is 0 Å². The van der Waals surface area contributed by atoms with E-state index in [1.807, 2.05) is 19.9 Å². The molecule has 0 saturated heterocycles. The van der Waals surface area contributed by atoms with Crippen LogP contribution in [0.15, 0.2) is 11.6 Å². The molecular formula is C10H16O3. The second-order valence-corrected chi connectivity index (χ2v) is 2.98. The van der Waals surface area contributed by atoms with Gasteiger partial charge in [0.1, 0.15) is 11.9 Å². The van der Waals surface area contributed by atoms with E-state index in [-0.39, 0.29) is 18.3 Å². The SMILES string of the molecule is CCC=C(C)C(CC(C)=O)OC=O. The minimum absolute atomic E-state index is 0.0238. The van der Waals surface area contributed by atoms with Crippen LogP contribution in [-0.2, 0) is 14.3 Å². The van der Waals surface area contributed by atoms with Gasteiger partial charge in [0.05, 0.1) is 0 Å². The summed E-state index contributed by atoms with van der Waals surface area (Å²) in [5.41, 5.74) is 0.935. The summed E-state index contributed by atoms with van der Waals surface area (Å²) in [4.78, 5) is 21.0. The van der Waals surface area contributed by atoms with Crippen LogP contribution in [0.1, 0.15) is 33.6 Å². The predicted molar refractivity (Wildman–Crippen MR) is 50.3 cm³/mol. The van der Waals surface area contributed by atoms with Crippen molar-refractivity contribution in [3.63, 3.8) is 0 Å². The maximum atomic E-state index is 10.8. The van der Waals surface area contributed by atoms with Gasteiger partial charge in [0.2, 0.25) is 0 Å². The third-order valence-electron chi connectivity index (χ3n) is 1.73. The number of Topliss-reactive ketones (excluding diaryl/α,β-unsaturated/α-hetero) is 1. The summed E-state index contributed by atoms with van der Waals surface area (Å²) in [6.07, 6.45) is 2.72. The molecule has 1 unspecified atom stereocenters. The number of rotatable bonds is 6. The monoisotopic (exact) mass is 184 g/mol. The van der Waals surface area contributed by atoms with Crippen LogP contribution in [0, 0.1) is 0 Å². The van der Waals surface area contributed by atoms with Crippen LogP contribution < -0.4 is 0 Å². The lowest BCUT2D eigenvalue weighted by Crippen LogP contribution is -2.17. The minimum atomic E-state index is -0.380. The molecule has 0 aliphatic carbocycles. The second-order valence-electron chi connectivity index (χ2n) is 2.98. The van der Waals surface area contributed by atoms with Crippen molar-refractivity contribution in [1.29, 1.82) is 0 Å². The Bertz CT molecular complexity index is 206. The Morgan fingerprint density at radius 1 is 1.46 bits per heavy atom. The molecule has 0 saturated carbocycles. The van der Waals surface area contributed by atoms with Gasteiger partial charge in [-0.3, -0.25) is 9.59 Å². The van der Waals surface area contributed by atoms with Gasteiger partial charge in [-0.1, -0.05) is 13.0 Å². The number of ketones is 1. The Morgan fingerprint density at radius 2 is 2.08 bits per heavy atom. The minimum Gasteiger partial charge on any atom is -0.460 e. The molecule has 0 aromatic rings. The van der Waals surface area contributed by atoms with Crippen molar-refractivity contribution in [1.82, 2.24) is 0 Å². The number of hydrogen-bond acceptors (Lipinski definition) is 3. The first-order valence-corrected chi connectivity index (χ1v) is 4.37. The highest BCUT2D eigenvalue weighted by atomic mass is 16.5. The van der Waals surface area contributed by atoms with Gasteiger partial charge in [-0.25, -0.2) is 0 Å². The lowest BCUT2D eigenvalue weighted by Gasteiger charge is -2.13. The average Bonchev–Trinajstić information content (AvgIpc) is 2.03. The van der Waals surface area contributed by atoms with Crippen molar-refractivity contribution < 1.29 is 14.3 Å². The number of carbonyl (C=O) groups excluding carboxylic acids is 2. The van der Waals surface area contributed by atoms with Crippen molar-refractivity contribution in [2.75, 3.05) is 0 Å². The molecule has 0 N–H and O–H groups in total.